The summed E-state index contributed by atoms with van der Waals surface area (Å²) in [5, 5.41) is 3.24. The zero-order chi connectivity index (χ0) is 11.1. The molecular weight excluding hydrogens is 204 g/mol. The molecule has 1 aliphatic heterocycles. The van der Waals surface area contributed by atoms with Crippen molar-refractivity contribution < 1.29 is 9.59 Å². The first-order valence-electron chi connectivity index (χ1n) is 5.46. The van der Waals surface area contributed by atoms with Crippen molar-refractivity contribution in [3.8, 4) is 0 Å². The quantitative estimate of drug-likeness (QED) is 0.726. The fraction of sp³-hybridized carbons (Fsp3) is 0.333. The standard InChI is InChI=1S/C12H12N2O2/c15-7-9-12-8(3-1-4-10(12)16)13-11-5-2-6-14(9)11/h2,5-7,9,13H,1,3-4H2. The summed E-state index contributed by atoms with van der Waals surface area (Å²) in [4.78, 5) is 23.0. The van der Waals surface area contributed by atoms with E-state index in [0.29, 0.717) is 12.0 Å². The first kappa shape index (κ1) is 9.39. The van der Waals surface area contributed by atoms with Gasteiger partial charge in [-0.05, 0) is 25.0 Å². The number of anilines is 1. The minimum Gasteiger partial charge on any atom is -0.345 e. The fourth-order valence-electron chi connectivity index (χ4n) is 2.51. The van der Waals surface area contributed by atoms with Gasteiger partial charge in [-0.2, -0.15) is 0 Å². The van der Waals surface area contributed by atoms with Gasteiger partial charge in [0.05, 0.1) is 0 Å². The molecule has 1 aromatic rings. The maximum absolute atomic E-state index is 11.9. The third-order valence-corrected chi connectivity index (χ3v) is 3.24. The normalized spacial score (nSPS) is 23.5. The molecule has 4 nitrogen and oxygen atoms in total. The molecule has 0 fully saturated rings. The molecule has 1 aromatic heterocycles. The number of Topliss-reactive ketones (excluding diaryl/α,β-unsaturated/α-hetero) is 1. The molecule has 3 rings (SSSR count). The Balaban J connectivity index is 2.15. The van der Waals surface area contributed by atoms with E-state index in [-0.39, 0.29) is 5.78 Å². The van der Waals surface area contributed by atoms with Crippen LogP contribution < -0.4 is 5.32 Å². The Morgan fingerprint density at radius 3 is 3.12 bits per heavy atom. The third kappa shape index (κ3) is 1.16. The lowest BCUT2D eigenvalue weighted by Gasteiger charge is -2.31. The highest BCUT2D eigenvalue weighted by Crippen LogP contribution is 2.36. The van der Waals surface area contributed by atoms with E-state index < -0.39 is 6.04 Å². The van der Waals surface area contributed by atoms with E-state index in [9.17, 15) is 9.59 Å². The van der Waals surface area contributed by atoms with Crippen LogP contribution in [-0.4, -0.2) is 16.6 Å². The van der Waals surface area contributed by atoms with E-state index in [4.69, 9.17) is 0 Å². The largest absolute Gasteiger partial charge is 0.345 e. The first-order valence-corrected chi connectivity index (χ1v) is 5.46. The number of carbonyl (C=O) groups is 2. The number of ketones is 1. The van der Waals surface area contributed by atoms with E-state index in [2.05, 4.69) is 5.32 Å². The second-order valence-electron chi connectivity index (χ2n) is 4.18. The minimum atomic E-state index is -0.436. The van der Waals surface area contributed by atoms with Crippen LogP contribution in [0, 0.1) is 0 Å². The van der Waals surface area contributed by atoms with Crippen molar-refractivity contribution in [2.75, 3.05) is 5.32 Å². The van der Waals surface area contributed by atoms with Crippen LogP contribution in [-0.2, 0) is 9.59 Å². The molecule has 0 aromatic carbocycles. The first-order chi connectivity index (χ1) is 7.81. The van der Waals surface area contributed by atoms with Gasteiger partial charge in [0.15, 0.2) is 5.78 Å². The highest BCUT2D eigenvalue weighted by atomic mass is 16.1. The lowest BCUT2D eigenvalue weighted by atomic mass is 9.89. The van der Waals surface area contributed by atoms with Crippen molar-refractivity contribution >= 4 is 17.9 Å². The van der Waals surface area contributed by atoms with Crippen LogP contribution in [0.5, 0.6) is 0 Å². The molecule has 4 heteroatoms. The van der Waals surface area contributed by atoms with Gasteiger partial charge in [-0.1, -0.05) is 0 Å². The Hall–Kier alpha value is -1.84. The predicted octanol–water partition coefficient (Wildman–Crippen LogP) is 1.66. The van der Waals surface area contributed by atoms with Crippen molar-refractivity contribution in [2.24, 2.45) is 0 Å². The Morgan fingerprint density at radius 2 is 2.31 bits per heavy atom. The van der Waals surface area contributed by atoms with Gasteiger partial charge in [-0.3, -0.25) is 4.79 Å². The van der Waals surface area contributed by atoms with E-state index in [1.807, 2.05) is 22.9 Å². The van der Waals surface area contributed by atoms with Crippen LogP contribution in [0.25, 0.3) is 0 Å². The summed E-state index contributed by atoms with van der Waals surface area (Å²) in [5.74, 6) is 0.996. The second kappa shape index (κ2) is 3.33. The van der Waals surface area contributed by atoms with Gasteiger partial charge >= 0.3 is 0 Å². The van der Waals surface area contributed by atoms with Crippen LogP contribution >= 0.6 is 0 Å². The van der Waals surface area contributed by atoms with Gasteiger partial charge in [0, 0.05) is 23.9 Å². The molecule has 0 amide bonds. The summed E-state index contributed by atoms with van der Waals surface area (Å²) in [6.45, 7) is 0. The number of fused-ring (bicyclic) bond motifs is 1. The molecule has 0 bridgehead atoms. The predicted molar refractivity (Wildman–Crippen MR) is 59.0 cm³/mol. The van der Waals surface area contributed by atoms with Gasteiger partial charge in [0.2, 0.25) is 0 Å². The number of aldehydes is 1. The van der Waals surface area contributed by atoms with E-state index in [0.717, 1.165) is 30.6 Å². The van der Waals surface area contributed by atoms with Gasteiger partial charge in [0.25, 0.3) is 0 Å². The molecule has 2 aliphatic rings. The van der Waals surface area contributed by atoms with Crippen molar-refractivity contribution in [2.45, 2.75) is 25.3 Å². The molecule has 1 atom stereocenters. The summed E-state index contributed by atoms with van der Waals surface area (Å²) in [7, 11) is 0. The topological polar surface area (TPSA) is 51.1 Å². The Kier molecular flexibility index (Phi) is 1.96. The maximum atomic E-state index is 11.9. The molecule has 2 heterocycles. The molecule has 1 aliphatic carbocycles. The Morgan fingerprint density at radius 1 is 1.44 bits per heavy atom. The SMILES string of the molecule is O=CC1C2=C(CCCC2=O)Nc2cccn21. The number of nitrogens with one attached hydrogen (secondary N) is 1. The van der Waals surface area contributed by atoms with Gasteiger partial charge in [0.1, 0.15) is 18.1 Å². The summed E-state index contributed by atoms with van der Waals surface area (Å²) in [5.41, 5.74) is 1.59. The summed E-state index contributed by atoms with van der Waals surface area (Å²) >= 11 is 0. The molecule has 1 N–H and O–H groups in total. The number of hydrogen-bond donors (Lipinski definition) is 1. The molecular formula is C12H12N2O2. The van der Waals surface area contributed by atoms with Gasteiger partial charge in [-0.15, -0.1) is 0 Å². The lowest BCUT2D eigenvalue weighted by molar-refractivity contribution is -0.118. The van der Waals surface area contributed by atoms with Crippen LogP contribution in [0.1, 0.15) is 25.3 Å². The van der Waals surface area contributed by atoms with Crippen molar-refractivity contribution in [3.63, 3.8) is 0 Å². The monoisotopic (exact) mass is 216 g/mol. The van der Waals surface area contributed by atoms with Crippen LogP contribution in [0.3, 0.4) is 0 Å². The number of nitrogens with zero attached hydrogens (tertiary/aromatic N) is 1. The molecule has 0 spiro atoms. The van der Waals surface area contributed by atoms with Gasteiger partial charge < -0.3 is 14.7 Å². The van der Waals surface area contributed by atoms with Crippen LogP contribution in [0.15, 0.2) is 29.6 Å². The maximum Gasteiger partial charge on any atom is 0.163 e. The van der Waals surface area contributed by atoms with E-state index in [1.54, 1.807) is 0 Å². The molecule has 1 unspecified atom stereocenters. The fourth-order valence-corrected chi connectivity index (χ4v) is 2.51. The second-order valence-corrected chi connectivity index (χ2v) is 4.18. The van der Waals surface area contributed by atoms with E-state index in [1.165, 1.54) is 0 Å². The van der Waals surface area contributed by atoms with Gasteiger partial charge in [-0.25, -0.2) is 0 Å². The third-order valence-electron chi connectivity index (χ3n) is 3.24. The highest BCUT2D eigenvalue weighted by Gasteiger charge is 2.32. The molecule has 0 saturated carbocycles. The molecule has 0 saturated heterocycles. The number of hydrogen-bond acceptors (Lipinski definition) is 3. The van der Waals surface area contributed by atoms with Crippen molar-refractivity contribution in [1.29, 1.82) is 0 Å². The Bertz CT molecular complexity index is 499. The van der Waals surface area contributed by atoms with Crippen molar-refractivity contribution in [1.82, 2.24) is 4.57 Å². The minimum absolute atomic E-state index is 0.102. The highest BCUT2D eigenvalue weighted by molar-refractivity contribution is 6.02. The number of carbonyl (C=O) groups excluding carboxylic acids is 2. The zero-order valence-corrected chi connectivity index (χ0v) is 8.77. The van der Waals surface area contributed by atoms with Crippen LogP contribution in [0.4, 0.5) is 5.82 Å². The average molecular weight is 216 g/mol. The van der Waals surface area contributed by atoms with Crippen molar-refractivity contribution in [3.05, 3.63) is 29.6 Å². The molecule has 82 valence electrons. The average Bonchev–Trinajstić information content (AvgIpc) is 2.74. The molecule has 0 radical (unpaired) electrons. The Labute approximate surface area is 92.9 Å². The number of rotatable bonds is 1. The summed E-state index contributed by atoms with van der Waals surface area (Å²) in [6.07, 6.45) is 4.96. The number of aromatic nitrogens is 1. The smallest absolute Gasteiger partial charge is 0.163 e. The summed E-state index contributed by atoms with van der Waals surface area (Å²) in [6, 6.07) is 3.36. The van der Waals surface area contributed by atoms with Crippen LogP contribution in [0.2, 0.25) is 0 Å². The molecule has 16 heavy (non-hydrogen) atoms. The summed E-state index contributed by atoms with van der Waals surface area (Å²) < 4.78 is 1.81. The number of allylic oxidation sites excluding steroid dienone is 2. The lowest BCUT2D eigenvalue weighted by Crippen LogP contribution is -2.30. The van der Waals surface area contributed by atoms with E-state index >= 15 is 0 Å². The zero-order valence-electron chi connectivity index (χ0n) is 8.77.